The van der Waals surface area contributed by atoms with Crippen molar-refractivity contribution in [3.05, 3.63) is 40.6 Å². The Morgan fingerprint density at radius 2 is 2.30 bits per heavy atom. The fourth-order valence-corrected chi connectivity index (χ4v) is 2.82. The molecule has 0 aromatic carbocycles. The first-order chi connectivity index (χ1) is 9.68. The van der Waals surface area contributed by atoms with Crippen molar-refractivity contribution in [3.8, 4) is 0 Å². The Morgan fingerprint density at radius 1 is 1.45 bits per heavy atom. The number of ether oxygens (including phenoxy) is 1. The molecule has 0 radical (unpaired) electrons. The van der Waals surface area contributed by atoms with Crippen LogP contribution in [0.2, 0.25) is 0 Å². The molecular weight excluding hydrogens is 270 g/mol. The molecule has 1 unspecified atom stereocenters. The van der Waals surface area contributed by atoms with Gasteiger partial charge >= 0.3 is 0 Å². The number of aryl methyl sites for hydroxylation is 1. The topological polar surface area (TPSA) is 39.1 Å². The molecule has 1 N–H and O–H groups in total. The molecule has 110 valence electrons. The number of hydrogen-bond donors (Lipinski definition) is 1. The normalized spacial score (nSPS) is 13.0. The van der Waals surface area contributed by atoms with Crippen LogP contribution in [0.25, 0.3) is 0 Å². The highest BCUT2D eigenvalue weighted by atomic mass is 32.1. The number of nitrogens with zero attached hydrogens (tertiary/aromatic N) is 2. The Hall–Kier alpha value is -1.17. The summed E-state index contributed by atoms with van der Waals surface area (Å²) in [6, 6.07) is 4.36. The molecule has 0 aliphatic heterocycles. The van der Waals surface area contributed by atoms with Crippen molar-refractivity contribution < 1.29 is 4.74 Å². The highest BCUT2D eigenvalue weighted by Gasteiger charge is 2.18. The predicted molar refractivity (Wildman–Crippen MR) is 83.0 cm³/mol. The Morgan fingerprint density at radius 3 is 2.90 bits per heavy atom. The highest BCUT2D eigenvalue weighted by Crippen LogP contribution is 2.24. The van der Waals surface area contributed by atoms with E-state index < -0.39 is 0 Å². The maximum atomic E-state index is 5.62. The summed E-state index contributed by atoms with van der Waals surface area (Å²) in [5.41, 5.74) is 0. The van der Waals surface area contributed by atoms with Crippen molar-refractivity contribution >= 4 is 11.3 Å². The zero-order chi connectivity index (χ0) is 14.4. The van der Waals surface area contributed by atoms with E-state index in [9.17, 15) is 0 Å². The van der Waals surface area contributed by atoms with Gasteiger partial charge in [0, 0.05) is 37.5 Å². The second kappa shape index (κ2) is 7.57. The second-order valence-electron chi connectivity index (χ2n) is 5.27. The minimum Gasteiger partial charge on any atom is -0.380 e. The quantitative estimate of drug-likeness (QED) is 0.761. The number of imidazole rings is 1. The highest BCUT2D eigenvalue weighted by molar-refractivity contribution is 7.10. The minimum absolute atomic E-state index is 0.137. The van der Waals surface area contributed by atoms with Gasteiger partial charge in [-0.05, 0) is 17.4 Å². The van der Waals surface area contributed by atoms with Crippen molar-refractivity contribution in [1.29, 1.82) is 0 Å². The molecular formula is C15H23N3OS. The van der Waals surface area contributed by atoms with Crippen LogP contribution in [0, 0.1) is 5.92 Å². The van der Waals surface area contributed by atoms with Crippen molar-refractivity contribution in [2.75, 3.05) is 19.8 Å². The van der Waals surface area contributed by atoms with Gasteiger partial charge < -0.3 is 14.6 Å². The number of rotatable bonds is 8. The van der Waals surface area contributed by atoms with Gasteiger partial charge in [-0.1, -0.05) is 19.9 Å². The lowest BCUT2D eigenvalue weighted by Gasteiger charge is -2.17. The summed E-state index contributed by atoms with van der Waals surface area (Å²) in [5.74, 6) is 1.62. The Kier molecular flexibility index (Phi) is 5.76. The number of thiophene rings is 1. The summed E-state index contributed by atoms with van der Waals surface area (Å²) in [6.07, 6.45) is 3.82. The average Bonchev–Trinajstić information content (AvgIpc) is 3.05. The summed E-state index contributed by atoms with van der Waals surface area (Å²) in [5, 5.41) is 5.64. The Bertz CT molecular complexity index is 493. The van der Waals surface area contributed by atoms with Crippen molar-refractivity contribution in [2.24, 2.45) is 13.0 Å². The molecule has 5 heteroatoms. The maximum Gasteiger partial charge on any atom is 0.131 e. The van der Waals surface area contributed by atoms with Crippen LogP contribution in [0.15, 0.2) is 29.9 Å². The summed E-state index contributed by atoms with van der Waals surface area (Å²) in [4.78, 5) is 5.75. The van der Waals surface area contributed by atoms with Gasteiger partial charge in [-0.15, -0.1) is 11.3 Å². The summed E-state index contributed by atoms with van der Waals surface area (Å²) >= 11 is 1.75. The molecule has 0 aliphatic rings. The first kappa shape index (κ1) is 15.2. The summed E-state index contributed by atoms with van der Waals surface area (Å²) in [7, 11) is 2.03. The summed E-state index contributed by atoms with van der Waals surface area (Å²) in [6.45, 7) is 6.69. The minimum atomic E-state index is 0.137. The fraction of sp³-hybridized carbons (Fsp3) is 0.533. The fourth-order valence-electron chi connectivity index (χ4n) is 2.02. The Labute approximate surface area is 124 Å². The van der Waals surface area contributed by atoms with Gasteiger partial charge in [-0.2, -0.15) is 0 Å². The molecule has 0 saturated heterocycles. The van der Waals surface area contributed by atoms with Gasteiger partial charge in [0.1, 0.15) is 11.9 Å². The first-order valence-electron chi connectivity index (χ1n) is 7.00. The van der Waals surface area contributed by atoms with Gasteiger partial charge in [-0.3, -0.25) is 0 Å². The van der Waals surface area contributed by atoms with E-state index in [0.717, 1.165) is 25.6 Å². The van der Waals surface area contributed by atoms with Crippen LogP contribution in [-0.4, -0.2) is 29.3 Å². The SMILES string of the molecule is CC(C)COCCNC(c1cccs1)c1nccn1C. The maximum absolute atomic E-state index is 5.62. The van der Waals surface area contributed by atoms with E-state index in [1.54, 1.807) is 11.3 Å². The molecule has 20 heavy (non-hydrogen) atoms. The smallest absolute Gasteiger partial charge is 0.131 e. The van der Waals surface area contributed by atoms with Crippen molar-refractivity contribution in [1.82, 2.24) is 14.9 Å². The third-order valence-electron chi connectivity index (χ3n) is 2.99. The van der Waals surface area contributed by atoms with Crippen LogP contribution in [0.1, 0.15) is 30.6 Å². The molecule has 2 aromatic heterocycles. The van der Waals surface area contributed by atoms with E-state index in [-0.39, 0.29) is 6.04 Å². The van der Waals surface area contributed by atoms with E-state index in [2.05, 4.69) is 46.2 Å². The summed E-state index contributed by atoms with van der Waals surface area (Å²) < 4.78 is 7.69. The number of hydrogen-bond acceptors (Lipinski definition) is 4. The van der Waals surface area contributed by atoms with Crippen LogP contribution in [0.5, 0.6) is 0 Å². The lowest BCUT2D eigenvalue weighted by atomic mass is 10.2. The molecule has 0 amide bonds. The van der Waals surface area contributed by atoms with Crippen LogP contribution in [0.3, 0.4) is 0 Å². The van der Waals surface area contributed by atoms with Gasteiger partial charge in [0.05, 0.1) is 6.61 Å². The van der Waals surface area contributed by atoms with Gasteiger partial charge in [-0.25, -0.2) is 4.98 Å². The Balaban J connectivity index is 1.93. The van der Waals surface area contributed by atoms with Crippen LogP contribution in [0.4, 0.5) is 0 Å². The predicted octanol–water partition coefficient (Wildman–Crippen LogP) is 2.83. The standard InChI is InChI=1S/C15H23N3OS/c1-12(2)11-19-9-7-16-14(13-5-4-10-20-13)15-17-6-8-18(15)3/h4-6,8,10,12,14,16H,7,9,11H2,1-3H3. The van der Waals surface area contributed by atoms with Crippen LogP contribution < -0.4 is 5.32 Å². The van der Waals surface area contributed by atoms with Gasteiger partial charge in [0.15, 0.2) is 0 Å². The number of aromatic nitrogens is 2. The zero-order valence-electron chi connectivity index (χ0n) is 12.4. The monoisotopic (exact) mass is 293 g/mol. The molecule has 1 atom stereocenters. The largest absolute Gasteiger partial charge is 0.380 e. The van der Waals surface area contributed by atoms with E-state index in [1.807, 2.05) is 19.4 Å². The van der Waals surface area contributed by atoms with E-state index >= 15 is 0 Å². The molecule has 2 rings (SSSR count). The molecule has 0 saturated carbocycles. The van der Waals surface area contributed by atoms with E-state index in [1.165, 1.54) is 4.88 Å². The molecule has 0 fully saturated rings. The third-order valence-corrected chi connectivity index (χ3v) is 3.93. The third kappa shape index (κ3) is 4.16. The lowest BCUT2D eigenvalue weighted by Crippen LogP contribution is -2.28. The molecule has 4 nitrogen and oxygen atoms in total. The van der Waals surface area contributed by atoms with Crippen molar-refractivity contribution in [3.63, 3.8) is 0 Å². The van der Waals surface area contributed by atoms with Gasteiger partial charge in [0.2, 0.25) is 0 Å². The molecule has 0 bridgehead atoms. The van der Waals surface area contributed by atoms with E-state index in [0.29, 0.717) is 5.92 Å². The van der Waals surface area contributed by atoms with Crippen LogP contribution >= 0.6 is 11.3 Å². The molecule has 0 spiro atoms. The van der Waals surface area contributed by atoms with Crippen LogP contribution in [-0.2, 0) is 11.8 Å². The van der Waals surface area contributed by atoms with E-state index in [4.69, 9.17) is 4.74 Å². The van der Waals surface area contributed by atoms with Gasteiger partial charge in [0.25, 0.3) is 0 Å². The number of nitrogens with one attached hydrogen (secondary N) is 1. The average molecular weight is 293 g/mol. The lowest BCUT2D eigenvalue weighted by molar-refractivity contribution is 0.110. The molecule has 2 aromatic rings. The molecule has 0 aliphatic carbocycles. The first-order valence-corrected chi connectivity index (χ1v) is 7.88. The molecule has 2 heterocycles. The second-order valence-corrected chi connectivity index (χ2v) is 6.25. The zero-order valence-corrected chi connectivity index (χ0v) is 13.2. The van der Waals surface area contributed by atoms with Crippen molar-refractivity contribution in [2.45, 2.75) is 19.9 Å².